The Hall–Kier alpha value is -0.890. The van der Waals surface area contributed by atoms with Gasteiger partial charge in [-0.05, 0) is 25.6 Å². The maximum absolute atomic E-state index is 12.3. The molecule has 0 saturated carbocycles. The number of sulfonamides is 1. The highest BCUT2D eigenvalue weighted by Gasteiger charge is 2.32. The highest BCUT2D eigenvalue weighted by atomic mass is 32.2. The molecule has 2 rings (SSSR count). The largest absolute Gasteiger partial charge is 0.447 e. The molecule has 1 aromatic rings. The Labute approximate surface area is 107 Å². The molecule has 1 atom stereocenters. The number of furan rings is 1. The van der Waals surface area contributed by atoms with Crippen molar-refractivity contribution in [1.29, 1.82) is 0 Å². The molecule has 0 aromatic carbocycles. The van der Waals surface area contributed by atoms with Crippen molar-refractivity contribution in [2.75, 3.05) is 27.3 Å². The van der Waals surface area contributed by atoms with Crippen molar-refractivity contribution in [3.8, 4) is 0 Å². The van der Waals surface area contributed by atoms with Gasteiger partial charge in [-0.2, -0.15) is 4.31 Å². The summed E-state index contributed by atoms with van der Waals surface area (Å²) in [7, 11) is -0.220. The second-order valence-corrected chi connectivity index (χ2v) is 6.22. The molecule has 0 spiro atoms. The van der Waals surface area contributed by atoms with Gasteiger partial charge in [0.25, 0.3) is 10.0 Å². The molecular formula is C11H18N2O4S. The third-order valence-corrected chi connectivity index (χ3v) is 4.83. The number of likely N-dealkylation sites (N-methyl/N-ethyl adjacent to an activating group) is 1. The second kappa shape index (κ2) is 5.40. The van der Waals surface area contributed by atoms with Crippen molar-refractivity contribution < 1.29 is 17.6 Å². The van der Waals surface area contributed by atoms with Crippen molar-refractivity contribution in [2.24, 2.45) is 0 Å². The molecule has 6 nitrogen and oxygen atoms in total. The van der Waals surface area contributed by atoms with Gasteiger partial charge in [0.15, 0.2) is 0 Å². The van der Waals surface area contributed by atoms with Crippen molar-refractivity contribution in [1.82, 2.24) is 9.62 Å². The highest BCUT2D eigenvalue weighted by Crippen LogP contribution is 2.22. The highest BCUT2D eigenvalue weighted by molar-refractivity contribution is 7.89. The first kappa shape index (κ1) is 13.5. The van der Waals surface area contributed by atoms with Gasteiger partial charge in [-0.25, -0.2) is 8.42 Å². The van der Waals surface area contributed by atoms with Crippen molar-refractivity contribution in [2.45, 2.75) is 24.1 Å². The normalized spacial score (nSPS) is 20.7. The van der Waals surface area contributed by atoms with Gasteiger partial charge in [0.05, 0.1) is 19.2 Å². The van der Waals surface area contributed by atoms with Crippen LogP contribution < -0.4 is 5.32 Å². The molecule has 2 heterocycles. The smallest absolute Gasteiger partial charge is 0.276 e. The summed E-state index contributed by atoms with van der Waals surface area (Å²) in [5.74, 6) is 0.604. The van der Waals surface area contributed by atoms with Crippen molar-refractivity contribution in [3.63, 3.8) is 0 Å². The summed E-state index contributed by atoms with van der Waals surface area (Å²) in [5.41, 5.74) is 0. The van der Waals surface area contributed by atoms with Crippen molar-refractivity contribution in [3.05, 3.63) is 17.9 Å². The lowest BCUT2D eigenvalue weighted by Gasteiger charge is -2.20. The van der Waals surface area contributed by atoms with Gasteiger partial charge in [-0.1, -0.05) is 0 Å². The molecule has 1 aliphatic rings. The molecule has 1 aliphatic heterocycles. The number of ether oxygens (including phenoxy) is 1. The number of hydrogen-bond donors (Lipinski definition) is 1. The lowest BCUT2D eigenvalue weighted by molar-refractivity contribution is 0.180. The van der Waals surface area contributed by atoms with E-state index in [-0.39, 0.29) is 11.1 Å². The van der Waals surface area contributed by atoms with Gasteiger partial charge in [0.1, 0.15) is 5.76 Å². The Bertz CT molecular complexity index is 491. The van der Waals surface area contributed by atoms with E-state index in [0.717, 1.165) is 6.42 Å². The monoisotopic (exact) mass is 274 g/mol. The van der Waals surface area contributed by atoms with Crippen LogP contribution in [-0.2, 0) is 21.3 Å². The van der Waals surface area contributed by atoms with E-state index in [1.54, 1.807) is 20.2 Å². The van der Waals surface area contributed by atoms with Crippen LogP contribution in [0.25, 0.3) is 0 Å². The fourth-order valence-electron chi connectivity index (χ4n) is 1.91. The minimum Gasteiger partial charge on any atom is -0.447 e. The molecule has 0 aliphatic carbocycles. The molecule has 18 heavy (non-hydrogen) atoms. The fourth-order valence-corrected chi connectivity index (χ4v) is 3.21. The van der Waals surface area contributed by atoms with Crippen LogP contribution in [0.2, 0.25) is 0 Å². The van der Waals surface area contributed by atoms with Gasteiger partial charge in [-0.15, -0.1) is 0 Å². The van der Waals surface area contributed by atoms with Gasteiger partial charge in [0, 0.05) is 13.7 Å². The number of nitrogens with zero attached hydrogens (tertiary/aromatic N) is 1. The second-order valence-electron chi connectivity index (χ2n) is 4.29. The number of rotatable bonds is 5. The molecule has 0 amide bonds. The third-order valence-electron chi connectivity index (χ3n) is 3.04. The maximum atomic E-state index is 12.3. The minimum absolute atomic E-state index is 0.0119. The zero-order chi connectivity index (χ0) is 13.2. The van der Waals surface area contributed by atoms with Crippen LogP contribution in [0, 0.1) is 0 Å². The maximum Gasteiger partial charge on any atom is 0.276 e. The Morgan fingerprint density at radius 2 is 2.28 bits per heavy atom. The molecule has 102 valence electrons. The molecule has 0 radical (unpaired) electrons. The van der Waals surface area contributed by atoms with E-state index in [2.05, 4.69) is 5.32 Å². The first-order chi connectivity index (χ1) is 8.55. The van der Waals surface area contributed by atoms with E-state index in [0.29, 0.717) is 25.5 Å². The Morgan fingerprint density at radius 3 is 2.89 bits per heavy atom. The van der Waals surface area contributed by atoms with E-state index in [4.69, 9.17) is 9.15 Å². The van der Waals surface area contributed by atoms with Crippen molar-refractivity contribution >= 4 is 10.0 Å². The molecule has 1 fully saturated rings. The van der Waals surface area contributed by atoms with E-state index < -0.39 is 10.0 Å². The number of hydrogen-bond acceptors (Lipinski definition) is 5. The summed E-state index contributed by atoms with van der Waals surface area (Å²) in [5, 5.41) is 2.90. The van der Waals surface area contributed by atoms with E-state index >= 15 is 0 Å². The zero-order valence-electron chi connectivity index (χ0n) is 10.5. The van der Waals surface area contributed by atoms with Crippen LogP contribution in [0.1, 0.15) is 12.2 Å². The standard InChI is InChI=1S/C11H18N2O4S/c1-12-7-10-3-4-11(17-10)18(14,15)13(2)9-5-6-16-8-9/h3-4,9,12H,5-8H2,1-2H3. The predicted octanol–water partition coefficient (Wildman–Crippen LogP) is 0.408. The van der Waals surface area contributed by atoms with Crippen LogP contribution >= 0.6 is 0 Å². The van der Waals surface area contributed by atoms with Crippen LogP contribution in [0.15, 0.2) is 21.6 Å². The topological polar surface area (TPSA) is 71.8 Å². The molecule has 7 heteroatoms. The molecule has 1 aromatic heterocycles. The van der Waals surface area contributed by atoms with Gasteiger partial charge in [0.2, 0.25) is 5.09 Å². The molecule has 1 N–H and O–H groups in total. The van der Waals surface area contributed by atoms with E-state index in [9.17, 15) is 8.42 Å². The summed E-state index contributed by atoms with van der Waals surface area (Å²) < 4.78 is 36.5. The van der Waals surface area contributed by atoms with E-state index in [1.807, 2.05) is 0 Å². The molecular weight excluding hydrogens is 256 g/mol. The minimum atomic E-state index is -3.56. The average molecular weight is 274 g/mol. The summed E-state index contributed by atoms with van der Waals surface area (Å²) in [6.07, 6.45) is 0.722. The Balaban J connectivity index is 2.18. The average Bonchev–Trinajstić information content (AvgIpc) is 2.99. The van der Waals surface area contributed by atoms with Crippen LogP contribution in [0.4, 0.5) is 0 Å². The first-order valence-electron chi connectivity index (χ1n) is 5.85. The SMILES string of the molecule is CNCc1ccc(S(=O)(=O)N(C)C2CCOC2)o1. The quantitative estimate of drug-likeness (QED) is 0.842. The van der Waals surface area contributed by atoms with Gasteiger partial charge in [-0.3, -0.25) is 0 Å². The summed E-state index contributed by atoms with van der Waals surface area (Å²) >= 11 is 0. The summed E-state index contributed by atoms with van der Waals surface area (Å²) in [4.78, 5) is 0. The Kier molecular flexibility index (Phi) is 4.06. The summed E-state index contributed by atoms with van der Waals surface area (Å²) in [6, 6.07) is 3.06. The van der Waals surface area contributed by atoms with E-state index in [1.165, 1.54) is 10.4 Å². The number of nitrogens with one attached hydrogen (secondary N) is 1. The van der Waals surface area contributed by atoms with Crippen LogP contribution in [-0.4, -0.2) is 46.1 Å². The zero-order valence-corrected chi connectivity index (χ0v) is 11.4. The van der Waals surface area contributed by atoms with Crippen LogP contribution in [0.5, 0.6) is 0 Å². The first-order valence-corrected chi connectivity index (χ1v) is 7.29. The molecule has 1 saturated heterocycles. The van der Waals surface area contributed by atoms with Gasteiger partial charge >= 0.3 is 0 Å². The fraction of sp³-hybridized carbons (Fsp3) is 0.636. The molecule has 1 unspecified atom stereocenters. The summed E-state index contributed by atoms with van der Waals surface area (Å²) in [6.45, 7) is 1.55. The van der Waals surface area contributed by atoms with Crippen LogP contribution in [0.3, 0.4) is 0 Å². The predicted molar refractivity (Wildman–Crippen MR) is 65.6 cm³/mol. The lowest BCUT2D eigenvalue weighted by atomic mass is 10.3. The third kappa shape index (κ3) is 2.59. The Morgan fingerprint density at radius 1 is 1.50 bits per heavy atom. The van der Waals surface area contributed by atoms with Gasteiger partial charge < -0.3 is 14.5 Å². The molecule has 0 bridgehead atoms. The lowest BCUT2D eigenvalue weighted by Crippen LogP contribution is -2.37.